The highest BCUT2D eigenvalue weighted by atomic mass is 16.5. The zero-order chi connectivity index (χ0) is 14.9. The lowest BCUT2D eigenvalue weighted by atomic mass is 9.84. The van der Waals surface area contributed by atoms with Gasteiger partial charge in [0.15, 0.2) is 0 Å². The molecule has 0 radical (unpaired) electrons. The zero-order valence-electron chi connectivity index (χ0n) is 13.5. The quantitative estimate of drug-likeness (QED) is 0.677. The fourth-order valence-corrected chi connectivity index (χ4v) is 3.55. The van der Waals surface area contributed by atoms with Gasteiger partial charge < -0.3 is 15.4 Å². The van der Waals surface area contributed by atoms with Crippen molar-refractivity contribution in [3.8, 4) is 0 Å². The molecule has 21 heavy (non-hydrogen) atoms. The normalized spacial score (nSPS) is 22.3. The van der Waals surface area contributed by atoms with Crippen LogP contribution in [-0.4, -0.2) is 38.3 Å². The van der Waals surface area contributed by atoms with Crippen LogP contribution in [0.1, 0.15) is 58.3 Å². The van der Waals surface area contributed by atoms with Crippen LogP contribution in [0.5, 0.6) is 0 Å². The summed E-state index contributed by atoms with van der Waals surface area (Å²) in [6.07, 6.45) is 9.60. The molecule has 0 aromatic rings. The molecule has 1 aliphatic carbocycles. The van der Waals surface area contributed by atoms with Gasteiger partial charge in [-0.25, -0.2) is 0 Å². The predicted octanol–water partition coefficient (Wildman–Crippen LogP) is 2.48. The molecule has 1 saturated carbocycles. The third-order valence-electron chi connectivity index (χ3n) is 4.99. The Morgan fingerprint density at radius 1 is 1.24 bits per heavy atom. The van der Waals surface area contributed by atoms with Crippen molar-refractivity contribution >= 4 is 5.91 Å². The van der Waals surface area contributed by atoms with Crippen molar-refractivity contribution < 1.29 is 9.53 Å². The number of piperidine rings is 1. The number of nitrogens with one attached hydrogen (secondary N) is 2. The van der Waals surface area contributed by atoms with E-state index in [0.717, 1.165) is 32.7 Å². The molecule has 2 rings (SSSR count). The zero-order valence-corrected chi connectivity index (χ0v) is 13.5. The summed E-state index contributed by atoms with van der Waals surface area (Å²) in [4.78, 5) is 11.9. The van der Waals surface area contributed by atoms with Crippen LogP contribution < -0.4 is 10.6 Å². The van der Waals surface area contributed by atoms with Crippen LogP contribution >= 0.6 is 0 Å². The molecular weight excluding hydrogens is 264 g/mol. The van der Waals surface area contributed by atoms with Crippen LogP contribution in [0.15, 0.2) is 0 Å². The van der Waals surface area contributed by atoms with E-state index in [4.69, 9.17) is 4.74 Å². The number of amides is 1. The van der Waals surface area contributed by atoms with E-state index in [0.29, 0.717) is 24.4 Å². The standard InChI is InChI=1S/C17H32N2O2/c1-14(15-7-10-18-11-8-15)13-17(20)19-9-4-12-21-16-5-2-3-6-16/h14-16,18H,2-13H2,1H3,(H,19,20). The summed E-state index contributed by atoms with van der Waals surface area (Å²) in [7, 11) is 0. The van der Waals surface area contributed by atoms with Gasteiger partial charge in [0.2, 0.25) is 5.91 Å². The first-order valence-electron chi connectivity index (χ1n) is 8.84. The fourth-order valence-electron chi connectivity index (χ4n) is 3.55. The first-order chi connectivity index (χ1) is 10.3. The molecule has 1 unspecified atom stereocenters. The molecule has 1 atom stereocenters. The summed E-state index contributed by atoms with van der Waals surface area (Å²) in [6.45, 7) is 5.97. The molecule has 2 N–H and O–H groups in total. The number of ether oxygens (including phenoxy) is 1. The molecule has 4 heteroatoms. The Balaban J connectivity index is 1.48. The lowest BCUT2D eigenvalue weighted by molar-refractivity contribution is -0.122. The molecule has 4 nitrogen and oxygen atoms in total. The highest BCUT2D eigenvalue weighted by molar-refractivity contribution is 5.76. The van der Waals surface area contributed by atoms with E-state index >= 15 is 0 Å². The van der Waals surface area contributed by atoms with Crippen molar-refractivity contribution in [3.63, 3.8) is 0 Å². The lowest BCUT2D eigenvalue weighted by Crippen LogP contribution is -2.33. The molecule has 1 amide bonds. The van der Waals surface area contributed by atoms with Gasteiger partial charge in [0.25, 0.3) is 0 Å². The van der Waals surface area contributed by atoms with E-state index in [1.807, 2.05) is 0 Å². The maximum Gasteiger partial charge on any atom is 0.220 e. The Kier molecular flexibility index (Phi) is 7.51. The SMILES string of the molecule is CC(CC(=O)NCCCOC1CCCC1)C1CCNCC1. The van der Waals surface area contributed by atoms with E-state index < -0.39 is 0 Å². The molecule has 2 fully saturated rings. The van der Waals surface area contributed by atoms with E-state index in [2.05, 4.69) is 17.6 Å². The number of hydrogen-bond acceptors (Lipinski definition) is 3. The number of hydrogen-bond donors (Lipinski definition) is 2. The molecule has 1 saturated heterocycles. The van der Waals surface area contributed by atoms with Gasteiger partial charge in [-0.2, -0.15) is 0 Å². The molecule has 1 aliphatic heterocycles. The summed E-state index contributed by atoms with van der Waals surface area (Å²) in [5, 5.41) is 6.42. The summed E-state index contributed by atoms with van der Waals surface area (Å²) in [5.41, 5.74) is 0. The average Bonchev–Trinajstić information content (AvgIpc) is 3.01. The third-order valence-corrected chi connectivity index (χ3v) is 4.99. The van der Waals surface area contributed by atoms with Crippen molar-refractivity contribution in [2.24, 2.45) is 11.8 Å². The van der Waals surface area contributed by atoms with E-state index in [1.165, 1.54) is 38.5 Å². The summed E-state index contributed by atoms with van der Waals surface area (Å²) < 4.78 is 5.80. The van der Waals surface area contributed by atoms with E-state index in [9.17, 15) is 4.79 Å². The minimum Gasteiger partial charge on any atom is -0.378 e. The summed E-state index contributed by atoms with van der Waals surface area (Å²) in [5.74, 6) is 1.42. The third kappa shape index (κ3) is 6.35. The predicted molar refractivity (Wildman–Crippen MR) is 85.2 cm³/mol. The molecule has 2 aliphatic rings. The molecule has 0 aromatic carbocycles. The van der Waals surface area contributed by atoms with E-state index in [1.54, 1.807) is 0 Å². The lowest BCUT2D eigenvalue weighted by Gasteiger charge is -2.27. The van der Waals surface area contributed by atoms with Crippen molar-refractivity contribution in [2.45, 2.75) is 64.4 Å². The summed E-state index contributed by atoms with van der Waals surface area (Å²) >= 11 is 0. The largest absolute Gasteiger partial charge is 0.378 e. The van der Waals surface area contributed by atoms with Gasteiger partial charge in [-0.3, -0.25) is 4.79 Å². The molecule has 122 valence electrons. The first-order valence-corrected chi connectivity index (χ1v) is 8.84. The second-order valence-corrected chi connectivity index (χ2v) is 6.75. The molecule has 0 aromatic heterocycles. The molecular formula is C17H32N2O2. The molecule has 1 heterocycles. The topological polar surface area (TPSA) is 50.4 Å². The minimum atomic E-state index is 0.210. The average molecular weight is 296 g/mol. The number of carbonyl (C=O) groups excluding carboxylic acids is 1. The van der Waals surface area contributed by atoms with Crippen molar-refractivity contribution in [3.05, 3.63) is 0 Å². The molecule has 0 spiro atoms. The Labute approximate surface area is 129 Å². The number of rotatable bonds is 8. The van der Waals surface area contributed by atoms with Gasteiger partial charge in [-0.15, -0.1) is 0 Å². The monoisotopic (exact) mass is 296 g/mol. The Morgan fingerprint density at radius 2 is 1.95 bits per heavy atom. The summed E-state index contributed by atoms with van der Waals surface area (Å²) in [6, 6.07) is 0. The molecule has 0 bridgehead atoms. The van der Waals surface area contributed by atoms with Crippen LogP contribution in [0.4, 0.5) is 0 Å². The van der Waals surface area contributed by atoms with Crippen LogP contribution in [0.3, 0.4) is 0 Å². The Morgan fingerprint density at radius 3 is 2.67 bits per heavy atom. The van der Waals surface area contributed by atoms with Crippen LogP contribution in [0.25, 0.3) is 0 Å². The van der Waals surface area contributed by atoms with Crippen LogP contribution in [-0.2, 0) is 9.53 Å². The highest BCUT2D eigenvalue weighted by Gasteiger charge is 2.21. The van der Waals surface area contributed by atoms with Crippen molar-refractivity contribution in [2.75, 3.05) is 26.2 Å². The van der Waals surface area contributed by atoms with Gasteiger partial charge >= 0.3 is 0 Å². The van der Waals surface area contributed by atoms with Gasteiger partial charge in [-0.1, -0.05) is 19.8 Å². The minimum absolute atomic E-state index is 0.210. The van der Waals surface area contributed by atoms with Crippen molar-refractivity contribution in [1.29, 1.82) is 0 Å². The van der Waals surface area contributed by atoms with Crippen LogP contribution in [0.2, 0.25) is 0 Å². The number of carbonyl (C=O) groups is 1. The van der Waals surface area contributed by atoms with E-state index in [-0.39, 0.29) is 5.91 Å². The Bertz CT molecular complexity index is 297. The van der Waals surface area contributed by atoms with Gasteiger partial charge in [0.05, 0.1) is 6.10 Å². The fraction of sp³-hybridized carbons (Fsp3) is 0.941. The van der Waals surface area contributed by atoms with Gasteiger partial charge in [0, 0.05) is 19.6 Å². The highest BCUT2D eigenvalue weighted by Crippen LogP contribution is 2.24. The second-order valence-electron chi connectivity index (χ2n) is 6.75. The first kappa shape index (κ1) is 16.8. The van der Waals surface area contributed by atoms with Gasteiger partial charge in [0.1, 0.15) is 0 Å². The Hall–Kier alpha value is -0.610. The smallest absolute Gasteiger partial charge is 0.220 e. The second kappa shape index (κ2) is 9.42. The van der Waals surface area contributed by atoms with Gasteiger partial charge in [-0.05, 0) is 57.0 Å². The maximum absolute atomic E-state index is 11.9. The van der Waals surface area contributed by atoms with Crippen LogP contribution in [0, 0.1) is 11.8 Å². The van der Waals surface area contributed by atoms with Crippen molar-refractivity contribution in [1.82, 2.24) is 10.6 Å². The maximum atomic E-state index is 11.9.